The van der Waals surface area contributed by atoms with Gasteiger partial charge in [-0.3, -0.25) is 0 Å². The molecule has 0 spiro atoms. The Morgan fingerprint density at radius 2 is 1.90 bits per heavy atom. The fraction of sp³-hybridized carbons (Fsp3) is 0.538. The van der Waals surface area contributed by atoms with E-state index in [9.17, 15) is 21.6 Å². The van der Waals surface area contributed by atoms with Crippen molar-refractivity contribution in [3.8, 4) is 0 Å². The van der Waals surface area contributed by atoms with E-state index in [4.69, 9.17) is 0 Å². The van der Waals surface area contributed by atoms with Crippen molar-refractivity contribution >= 4 is 15.5 Å². The second-order valence-electron chi connectivity index (χ2n) is 4.99. The van der Waals surface area contributed by atoms with Crippen molar-refractivity contribution < 1.29 is 21.6 Å². The second-order valence-corrected chi connectivity index (χ2v) is 6.93. The number of hydrogen-bond donors (Lipinski definition) is 1. The first-order chi connectivity index (χ1) is 9.77. The van der Waals surface area contributed by atoms with Crippen LogP contribution in [0, 0.1) is 0 Å². The first-order valence-corrected chi connectivity index (χ1v) is 8.08. The van der Waals surface area contributed by atoms with Gasteiger partial charge in [-0.15, -0.1) is 0 Å². The molecule has 1 heterocycles. The van der Waals surface area contributed by atoms with Crippen molar-refractivity contribution in [2.24, 2.45) is 0 Å². The molecule has 0 saturated carbocycles. The minimum atomic E-state index is -5.27. The lowest BCUT2D eigenvalue weighted by atomic mass is 10.2. The van der Waals surface area contributed by atoms with Crippen LogP contribution in [0.5, 0.6) is 0 Å². The van der Waals surface area contributed by atoms with Crippen molar-refractivity contribution in [3.05, 3.63) is 24.3 Å². The summed E-state index contributed by atoms with van der Waals surface area (Å²) in [6.07, 6.45) is 2.01. The molecular weight excluding hydrogens is 305 g/mol. The Labute approximate surface area is 121 Å². The Morgan fingerprint density at radius 3 is 2.43 bits per heavy atom. The molecule has 1 N–H and O–H groups in total. The third-order valence-electron chi connectivity index (χ3n) is 3.60. The minimum Gasteiger partial charge on any atom is -0.367 e. The zero-order valence-electron chi connectivity index (χ0n) is 11.5. The molecule has 1 aliphatic rings. The van der Waals surface area contributed by atoms with Gasteiger partial charge >= 0.3 is 5.51 Å². The molecule has 21 heavy (non-hydrogen) atoms. The van der Waals surface area contributed by atoms with Crippen LogP contribution in [0.15, 0.2) is 29.2 Å². The van der Waals surface area contributed by atoms with E-state index in [0.717, 1.165) is 43.8 Å². The van der Waals surface area contributed by atoms with Gasteiger partial charge in [-0.05, 0) is 44.2 Å². The predicted octanol–water partition coefficient (Wildman–Crippen LogP) is 2.17. The van der Waals surface area contributed by atoms with E-state index in [0.29, 0.717) is 0 Å². The summed E-state index contributed by atoms with van der Waals surface area (Å²) in [5.41, 5.74) is -4.52. The average Bonchev–Trinajstić information content (AvgIpc) is 2.86. The van der Waals surface area contributed by atoms with Gasteiger partial charge < -0.3 is 10.2 Å². The van der Waals surface area contributed by atoms with Crippen LogP contribution in [0.4, 0.5) is 18.9 Å². The number of likely N-dealkylation sites (N-methyl/N-ethyl adjacent to an activating group) is 1. The molecule has 1 aromatic rings. The van der Waals surface area contributed by atoms with Gasteiger partial charge in [-0.25, -0.2) is 8.42 Å². The Balaban J connectivity index is 2.24. The Bertz CT molecular complexity index is 584. The molecule has 0 amide bonds. The van der Waals surface area contributed by atoms with Crippen molar-refractivity contribution in [1.82, 2.24) is 5.32 Å². The van der Waals surface area contributed by atoms with Crippen molar-refractivity contribution in [2.75, 3.05) is 25.0 Å². The lowest BCUT2D eigenvalue weighted by molar-refractivity contribution is -0.0436. The van der Waals surface area contributed by atoms with Gasteiger partial charge in [0.15, 0.2) is 0 Å². The summed E-state index contributed by atoms with van der Waals surface area (Å²) in [5.74, 6) is 0. The van der Waals surface area contributed by atoms with Gasteiger partial charge in [-0.1, -0.05) is 0 Å². The summed E-state index contributed by atoms with van der Waals surface area (Å²) in [7, 11) is -3.43. The normalized spacial score (nSPS) is 20.0. The van der Waals surface area contributed by atoms with Crippen LogP contribution in [0.25, 0.3) is 0 Å². The maximum Gasteiger partial charge on any atom is 0.501 e. The van der Waals surface area contributed by atoms with Gasteiger partial charge in [0.2, 0.25) is 0 Å². The highest BCUT2D eigenvalue weighted by molar-refractivity contribution is 7.92. The molecule has 1 atom stereocenters. The molecule has 118 valence electrons. The minimum absolute atomic E-state index is 0.278. The first-order valence-electron chi connectivity index (χ1n) is 6.60. The van der Waals surface area contributed by atoms with Gasteiger partial charge in [-0.2, -0.15) is 13.2 Å². The largest absolute Gasteiger partial charge is 0.501 e. The van der Waals surface area contributed by atoms with E-state index in [1.165, 1.54) is 12.1 Å². The molecule has 0 aliphatic carbocycles. The Morgan fingerprint density at radius 1 is 1.29 bits per heavy atom. The molecule has 1 fully saturated rings. The Kier molecular flexibility index (Phi) is 4.48. The summed E-state index contributed by atoms with van der Waals surface area (Å²) in [4.78, 5) is 1.36. The van der Waals surface area contributed by atoms with Crippen LogP contribution in [-0.2, 0) is 9.84 Å². The monoisotopic (exact) mass is 322 g/mol. The fourth-order valence-corrected chi connectivity index (χ4v) is 3.34. The highest BCUT2D eigenvalue weighted by atomic mass is 32.2. The van der Waals surface area contributed by atoms with Crippen LogP contribution in [0.2, 0.25) is 0 Å². The predicted molar refractivity (Wildman–Crippen MR) is 74.0 cm³/mol. The number of anilines is 1. The standard InChI is InChI=1S/C13H17F3N2O2S/c1-17-9-11-3-2-8-18(11)10-4-6-12(7-5-10)21(19,20)13(14,15)16/h4-7,11,17H,2-3,8-9H2,1H3. The summed E-state index contributed by atoms with van der Waals surface area (Å²) in [5, 5.41) is 3.08. The number of rotatable bonds is 4. The van der Waals surface area contributed by atoms with Gasteiger partial charge in [0.1, 0.15) is 0 Å². The maximum absolute atomic E-state index is 12.5. The summed E-state index contributed by atoms with van der Waals surface area (Å²) in [6.45, 7) is 1.60. The number of sulfone groups is 1. The van der Waals surface area contributed by atoms with Gasteiger partial charge in [0, 0.05) is 24.8 Å². The number of benzene rings is 1. The summed E-state index contributed by atoms with van der Waals surface area (Å²) < 4.78 is 60.0. The molecule has 4 nitrogen and oxygen atoms in total. The average molecular weight is 322 g/mol. The first kappa shape index (κ1) is 16.1. The molecule has 1 aromatic carbocycles. The molecule has 1 saturated heterocycles. The molecule has 0 radical (unpaired) electrons. The molecule has 1 unspecified atom stereocenters. The molecule has 8 heteroatoms. The molecule has 2 rings (SSSR count). The zero-order chi connectivity index (χ0) is 15.7. The maximum atomic E-state index is 12.5. The fourth-order valence-electron chi connectivity index (χ4n) is 2.57. The van der Waals surface area contributed by atoms with Gasteiger partial charge in [0.25, 0.3) is 9.84 Å². The lowest BCUT2D eigenvalue weighted by Gasteiger charge is -2.26. The van der Waals surface area contributed by atoms with E-state index in [1.54, 1.807) is 0 Å². The van der Waals surface area contributed by atoms with Crippen molar-refractivity contribution in [3.63, 3.8) is 0 Å². The van der Waals surface area contributed by atoms with E-state index >= 15 is 0 Å². The summed E-state index contributed by atoms with van der Waals surface area (Å²) >= 11 is 0. The van der Waals surface area contributed by atoms with Crippen molar-refractivity contribution in [2.45, 2.75) is 29.3 Å². The number of halogens is 3. The third-order valence-corrected chi connectivity index (χ3v) is 5.10. The zero-order valence-corrected chi connectivity index (χ0v) is 12.3. The van der Waals surface area contributed by atoms with Crippen molar-refractivity contribution in [1.29, 1.82) is 0 Å². The van der Waals surface area contributed by atoms with Crippen LogP contribution in [0.1, 0.15) is 12.8 Å². The van der Waals surface area contributed by atoms with E-state index in [1.807, 2.05) is 7.05 Å². The SMILES string of the molecule is CNCC1CCCN1c1ccc(S(=O)(=O)C(F)(F)F)cc1. The highest BCUT2D eigenvalue weighted by Crippen LogP contribution is 2.32. The molecule has 1 aliphatic heterocycles. The topological polar surface area (TPSA) is 49.4 Å². The number of hydrogen-bond acceptors (Lipinski definition) is 4. The third kappa shape index (κ3) is 3.16. The van der Waals surface area contributed by atoms with Crippen LogP contribution in [-0.4, -0.2) is 40.1 Å². The van der Waals surface area contributed by atoms with Crippen LogP contribution < -0.4 is 10.2 Å². The smallest absolute Gasteiger partial charge is 0.367 e. The van der Waals surface area contributed by atoms with E-state index in [-0.39, 0.29) is 6.04 Å². The number of alkyl halides is 3. The number of nitrogens with one attached hydrogen (secondary N) is 1. The molecular formula is C13H17F3N2O2S. The van der Waals surface area contributed by atoms with Crippen LogP contribution >= 0.6 is 0 Å². The Hall–Kier alpha value is -1.28. The summed E-state index contributed by atoms with van der Waals surface area (Å²) in [6, 6.07) is 5.19. The van der Waals surface area contributed by atoms with Gasteiger partial charge in [0.05, 0.1) is 4.90 Å². The van der Waals surface area contributed by atoms with E-state index < -0.39 is 20.2 Å². The molecule has 0 aromatic heterocycles. The lowest BCUT2D eigenvalue weighted by Crippen LogP contribution is -2.36. The molecule has 0 bridgehead atoms. The quantitative estimate of drug-likeness (QED) is 0.923. The second kappa shape index (κ2) is 5.84. The van der Waals surface area contributed by atoms with Crippen LogP contribution in [0.3, 0.4) is 0 Å². The highest BCUT2D eigenvalue weighted by Gasteiger charge is 2.46. The number of nitrogens with zero attached hydrogens (tertiary/aromatic N) is 1. The van der Waals surface area contributed by atoms with E-state index in [2.05, 4.69) is 10.2 Å².